The lowest BCUT2D eigenvalue weighted by molar-refractivity contribution is 0.112. The molecule has 1 aromatic heterocycles. The van der Waals surface area contributed by atoms with Crippen LogP contribution in [-0.4, -0.2) is 30.3 Å². The molecule has 24 heavy (non-hydrogen) atoms. The monoisotopic (exact) mass is 386 g/mol. The predicted octanol–water partition coefficient (Wildman–Crippen LogP) is 4.13. The van der Waals surface area contributed by atoms with Gasteiger partial charge in [0.25, 0.3) is 0 Å². The van der Waals surface area contributed by atoms with Gasteiger partial charge in [-0.1, -0.05) is 24.3 Å². The summed E-state index contributed by atoms with van der Waals surface area (Å²) in [7, 11) is 3.14. The molecule has 0 bridgehead atoms. The van der Waals surface area contributed by atoms with Crippen LogP contribution in [0.1, 0.15) is 10.4 Å². The number of methoxy groups -OCH3 is 2. The van der Waals surface area contributed by atoms with Crippen molar-refractivity contribution >= 4 is 22.2 Å². The molecule has 5 nitrogen and oxygen atoms in total. The van der Waals surface area contributed by atoms with Crippen LogP contribution in [0, 0.1) is 0 Å². The molecule has 0 unspecified atom stereocenters. The van der Waals surface area contributed by atoms with Gasteiger partial charge in [-0.3, -0.25) is 4.79 Å². The number of halogens is 1. The Morgan fingerprint density at radius 3 is 2.17 bits per heavy atom. The van der Waals surface area contributed by atoms with Crippen molar-refractivity contribution in [1.82, 2.24) is 9.78 Å². The first-order valence-corrected chi connectivity index (χ1v) is 8.01. The topological polar surface area (TPSA) is 53.4 Å². The summed E-state index contributed by atoms with van der Waals surface area (Å²) >= 11 is 3.48. The molecule has 0 saturated heterocycles. The summed E-state index contributed by atoms with van der Waals surface area (Å²) in [6.45, 7) is 0. The van der Waals surface area contributed by atoms with Crippen LogP contribution in [0.15, 0.2) is 53.1 Å². The summed E-state index contributed by atoms with van der Waals surface area (Å²) in [5, 5.41) is 4.62. The van der Waals surface area contributed by atoms with Crippen LogP contribution in [0.25, 0.3) is 16.9 Å². The molecule has 2 aromatic carbocycles. The van der Waals surface area contributed by atoms with Crippen LogP contribution in [0.3, 0.4) is 0 Å². The van der Waals surface area contributed by atoms with Crippen LogP contribution < -0.4 is 9.47 Å². The van der Waals surface area contributed by atoms with Crippen molar-refractivity contribution in [3.63, 3.8) is 0 Å². The fourth-order valence-corrected chi connectivity index (χ4v) is 3.09. The number of hydrogen-bond acceptors (Lipinski definition) is 4. The highest BCUT2D eigenvalue weighted by atomic mass is 79.9. The van der Waals surface area contributed by atoms with Gasteiger partial charge in [-0.2, -0.15) is 5.10 Å². The number of ether oxygens (including phenoxy) is 2. The number of aromatic nitrogens is 2. The molecule has 122 valence electrons. The molecule has 0 aliphatic rings. The zero-order valence-electron chi connectivity index (χ0n) is 13.2. The summed E-state index contributed by atoms with van der Waals surface area (Å²) < 4.78 is 13.1. The van der Waals surface area contributed by atoms with Gasteiger partial charge in [0.15, 0.2) is 6.29 Å². The maximum absolute atomic E-state index is 11.7. The molecule has 0 aliphatic carbocycles. The molecule has 3 aromatic rings. The van der Waals surface area contributed by atoms with Crippen LogP contribution in [0.5, 0.6) is 11.5 Å². The van der Waals surface area contributed by atoms with Crippen LogP contribution in [0.4, 0.5) is 0 Å². The molecule has 6 heteroatoms. The Hall–Kier alpha value is -2.60. The fraction of sp³-hybridized carbons (Fsp3) is 0.111. The minimum atomic E-state index is 0.432. The summed E-state index contributed by atoms with van der Waals surface area (Å²) in [5.74, 6) is 1.17. The minimum Gasteiger partial charge on any atom is -0.496 e. The number of para-hydroxylation sites is 1. The standard InChI is InChI=1S/C18H15BrN2O3/c1-23-14-9-6-10-15(24-2)16(14)17-13(11-22)18(19)21(20-17)12-7-4-3-5-8-12/h3-11H,1-2H3. The summed E-state index contributed by atoms with van der Waals surface area (Å²) in [6.07, 6.45) is 0.776. The molecular formula is C18H15BrN2O3. The van der Waals surface area contributed by atoms with E-state index in [1.807, 2.05) is 48.5 Å². The van der Waals surface area contributed by atoms with Crippen molar-refractivity contribution in [3.05, 3.63) is 58.7 Å². The van der Waals surface area contributed by atoms with Gasteiger partial charge >= 0.3 is 0 Å². The normalized spacial score (nSPS) is 10.5. The van der Waals surface area contributed by atoms with Crippen molar-refractivity contribution in [2.75, 3.05) is 14.2 Å². The average molecular weight is 387 g/mol. The molecule has 0 fully saturated rings. The van der Waals surface area contributed by atoms with E-state index in [2.05, 4.69) is 21.0 Å². The molecule has 0 radical (unpaired) electrons. The van der Waals surface area contributed by atoms with Gasteiger partial charge in [0.1, 0.15) is 21.8 Å². The summed E-state index contributed by atoms with van der Waals surface area (Å²) in [5.41, 5.74) is 2.41. The lowest BCUT2D eigenvalue weighted by Crippen LogP contribution is -1.97. The predicted molar refractivity (Wildman–Crippen MR) is 95.2 cm³/mol. The number of aldehydes is 1. The number of nitrogens with zero attached hydrogens (tertiary/aromatic N) is 2. The Morgan fingerprint density at radius 1 is 1.00 bits per heavy atom. The number of carbonyl (C=O) groups excluding carboxylic acids is 1. The van der Waals surface area contributed by atoms with E-state index < -0.39 is 0 Å². The second-order valence-electron chi connectivity index (χ2n) is 4.96. The zero-order chi connectivity index (χ0) is 17.1. The second-order valence-corrected chi connectivity index (χ2v) is 5.71. The van der Waals surface area contributed by atoms with Gasteiger partial charge in [-0.25, -0.2) is 4.68 Å². The highest BCUT2D eigenvalue weighted by Gasteiger charge is 2.23. The van der Waals surface area contributed by atoms with E-state index in [0.717, 1.165) is 12.0 Å². The van der Waals surface area contributed by atoms with E-state index in [1.54, 1.807) is 18.9 Å². The van der Waals surface area contributed by atoms with E-state index in [9.17, 15) is 4.79 Å². The number of hydrogen-bond donors (Lipinski definition) is 0. The molecule has 0 aliphatic heterocycles. The third kappa shape index (κ3) is 2.69. The van der Waals surface area contributed by atoms with Gasteiger partial charge in [0.05, 0.1) is 31.0 Å². The SMILES string of the molecule is COc1cccc(OC)c1-c1nn(-c2ccccc2)c(Br)c1C=O. The Kier molecular flexibility index (Phi) is 4.66. The fourth-order valence-electron chi connectivity index (χ4n) is 2.52. The highest BCUT2D eigenvalue weighted by molar-refractivity contribution is 9.10. The van der Waals surface area contributed by atoms with Crippen molar-refractivity contribution in [1.29, 1.82) is 0 Å². The Morgan fingerprint density at radius 2 is 1.62 bits per heavy atom. The lowest BCUT2D eigenvalue weighted by Gasteiger charge is -2.11. The van der Waals surface area contributed by atoms with Gasteiger partial charge in [-0.15, -0.1) is 0 Å². The first kappa shape index (κ1) is 16.3. The zero-order valence-corrected chi connectivity index (χ0v) is 14.8. The number of carbonyl (C=O) groups is 1. The second kappa shape index (κ2) is 6.88. The van der Waals surface area contributed by atoms with Gasteiger partial charge in [0.2, 0.25) is 0 Å². The van der Waals surface area contributed by atoms with E-state index in [-0.39, 0.29) is 0 Å². The largest absolute Gasteiger partial charge is 0.496 e. The van der Waals surface area contributed by atoms with Crippen LogP contribution in [-0.2, 0) is 0 Å². The van der Waals surface area contributed by atoms with Crippen molar-refractivity contribution in [2.24, 2.45) is 0 Å². The molecule has 0 spiro atoms. The Bertz CT molecular complexity index is 853. The molecule has 0 N–H and O–H groups in total. The highest BCUT2D eigenvalue weighted by Crippen LogP contribution is 2.41. The maximum atomic E-state index is 11.7. The Labute approximate surface area is 148 Å². The molecule has 0 atom stereocenters. The number of benzene rings is 2. The van der Waals surface area contributed by atoms with E-state index in [0.29, 0.717) is 32.9 Å². The summed E-state index contributed by atoms with van der Waals surface area (Å²) in [6, 6.07) is 15.0. The van der Waals surface area contributed by atoms with Crippen molar-refractivity contribution in [2.45, 2.75) is 0 Å². The minimum absolute atomic E-state index is 0.432. The lowest BCUT2D eigenvalue weighted by atomic mass is 10.1. The van der Waals surface area contributed by atoms with Crippen molar-refractivity contribution < 1.29 is 14.3 Å². The first-order valence-electron chi connectivity index (χ1n) is 7.21. The first-order chi connectivity index (χ1) is 11.7. The maximum Gasteiger partial charge on any atom is 0.155 e. The quantitative estimate of drug-likeness (QED) is 0.618. The molecule has 3 rings (SSSR count). The summed E-state index contributed by atoms with van der Waals surface area (Å²) in [4.78, 5) is 11.7. The van der Waals surface area contributed by atoms with Crippen molar-refractivity contribution in [3.8, 4) is 28.4 Å². The van der Waals surface area contributed by atoms with Gasteiger partial charge in [0, 0.05) is 0 Å². The molecule has 0 saturated carbocycles. The van der Waals surface area contributed by atoms with E-state index in [1.165, 1.54) is 0 Å². The Balaban J connectivity index is 2.29. The third-order valence-corrected chi connectivity index (χ3v) is 4.41. The average Bonchev–Trinajstić information content (AvgIpc) is 2.97. The molecule has 1 heterocycles. The van der Waals surface area contributed by atoms with Gasteiger partial charge in [-0.05, 0) is 40.2 Å². The van der Waals surface area contributed by atoms with Gasteiger partial charge < -0.3 is 9.47 Å². The molecular weight excluding hydrogens is 372 g/mol. The van der Waals surface area contributed by atoms with E-state index >= 15 is 0 Å². The number of rotatable bonds is 5. The third-order valence-electron chi connectivity index (χ3n) is 3.65. The van der Waals surface area contributed by atoms with E-state index in [4.69, 9.17) is 9.47 Å². The van der Waals surface area contributed by atoms with Crippen LogP contribution >= 0.6 is 15.9 Å². The van der Waals surface area contributed by atoms with Crippen LogP contribution in [0.2, 0.25) is 0 Å². The smallest absolute Gasteiger partial charge is 0.155 e. The molecule has 0 amide bonds.